The normalized spacial score (nSPS) is 14.9. The van der Waals surface area contributed by atoms with E-state index in [-0.39, 0.29) is 6.10 Å². The largest absolute Gasteiger partial charge is 0.488 e. The average molecular weight is 194 g/mol. The first-order valence-electron chi connectivity index (χ1n) is 5.07. The Bertz CT molecular complexity index is 264. The van der Waals surface area contributed by atoms with E-state index in [1.807, 2.05) is 31.2 Å². The second-order valence-electron chi connectivity index (χ2n) is 3.56. The molecule has 0 amide bonds. The van der Waals surface area contributed by atoms with Crippen LogP contribution in [0.3, 0.4) is 0 Å². The van der Waals surface area contributed by atoms with Crippen molar-refractivity contribution in [3.05, 3.63) is 29.8 Å². The van der Waals surface area contributed by atoms with Crippen molar-refractivity contribution >= 4 is 0 Å². The zero-order valence-corrected chi connectivity index (χ0v) is 9.03. The van der Waals surface area contributed by atoms with Gasteiger partial charge in [-0.3, -0.25) is 0 Å². The summed E-state index contributed by atoms with van der Waals surface area (Å²) in [7, 11) is 0. The molecule has 14 heavy (non-hydrogen) atoms. The molecule has 0 aliphatic carbocycles. The van der Waals surface area contributed by atoms with Crippen LogP contribution >= 0.6 is 0 Å². The number of hydrogen-bond acceptors (Lipinski definition) is 2. The summed E-state index contributed by atoms with van der Waals surface area (Å²) in [6.07, 6.45) is 0.426. The number of hydrogen-bond donors (Lipinski definition) is 1. The molecular formula is C12H18O2. The molecule has 0 saturated heterocycles. The summed E-state index contributed by atoms with van der Waals surface area (Å²) >= 11 is 0. The fourth-order valence-corrected chi connectivity index (χ4v) is 1.12. The van der Waals surface area contributed by atoms with Gasteiger partial charge in [0.05, 0.1) is 6.10 Å². The van der Waals surface area contributed by atoms with Crippen LogP contribution in [0.25, 0.3) is 0 Å². The standard InChI is InChI=1S/C12H18O2/c1-4-11-5-7-12(8-6-11)14-10(3)9(2)13/h5-10,13H,4H2,1-3H3. The smallest absolute Gasteiger partial charge is 0.121 e. The van der Waals surface area contributed by atoms with Gasteiger partial charge in [0, 0.05) is 0 Å². The van der Waals surface area contributed by atoms with Crippen molar-refractivity contribution in [3.8, 4) is 5.75 Å². The van der Waals surface area contributed by atoms with Gasteiger partial charge in [-0.05, 0) is 38.0 Å². The molecule has 0 saturated carbocycles. The van der Waals surface area contributed by atoms with E-state index >= 15 is 0 Å². The highest BCUT2D eigenvalue weighted by Gasteiger charge is 2.09. The molecule has 1 N–H and O–H groups in total. The van der Waals surface area contributed by atoms with Crippen LogP contribution < -0.4 is 4.74 Å². The Morgan fingerprint density at radius 3 is 2.21 bits per heavy atom. The highest BCUT2D eigenvalue weighted by Crippen LogP contribution is 2.15. The number of aliphatic hydroxyl groups is 1. The van der Waals surface area contributed by atoms with E-state index in [1.54, 1.807) is 6.92 Å². The van der Waals surface area contributed by atoms with Crippen LogP contribution in [-0.2, 0) is 6.42 Å². The Hall–Kier alpha value is -1.02. The number of aryl methyl sites for hydroxylation is 1. The van der Waals surface area contributed by atoms with Gasteiger partial charge in [-0.15, -0.1) is 0 Å². The van der Waals surface area contributed by atoms with Gasteiger partial charge in [-0.2, -0.15) is 0 Å². The summed E-state index contributed by atoms with van der Waals surface area (Å²) < 4.78 is 5.53. The number of rotatable bonds is 4. The fourth-order valence-electron chi connectivity index (χ4n) is 1.12. The highest BCUT2D eigenvalue weighted by atomic mass is 16.5. The van der Waals surface area contributed by atoms with Crippen molar-refractivity contribution in [2.24, 2.45) is 0 Å². The van der Waals surface area contributed by atoms with Gasteiger partial charge >= 0.3 is 0 Å². The predicted octanol–water partition coefficient (Wildman–Crippen LogP) is 2.40. The molecule has 2 unspecified atom stereocenters. The van der Waals surface area contributed by atoms with Crippen LogP contribution in [0.2, 0.25) is 0 Å². The lowest BCUT2D eigenvalue weighted by molar-refractivity contribution is 0.0604. The van der Waals surface area contributed by atoms with E-state index in [0.717, 1.165) is 12.2 Å². The minimum Gasteiger partial charge on any atom is -0.488 e. The Balaban J connectivity index is 2.59. The molecule has 78 valence electrons. The van der Waals surface area contributed by atoms with E-state index in [9.17, 15) is 5.11 Å². The molecule has 0 aliphatic heterocycles. The second kappa shape index (κ2) is 5.01. The third-order valence-corrected chi connectivity index (χ3v) is 2.33. The third-order valence-electron chi connectivity index (χ3n) is 2.33. The highest BCUT2D eigenvalue weighted by molar-refractivity contribution is 5.27. The summed E-state index contributed by atoms with van der Waals surface area (Å²) in [6, 6.07) is 7.98. The van der Waals surface area contributed by atoms with Crippen LogP contribution in [0, 0.1) is 0 Å². The van der Waals surface area contributed by atoms with Gasteiger partial charge in [-0.1, -0.05) is 19.1 Å². The van der Waals surface area contributed by atoms with Crippen LogP contribution in [-0.4, -0.2) is 17.3 Å². The lowest BCUT2D eigenvalue weighted by atomic mass is 10.2. The lowest BCUT2D eigenvalue weighted by Gasteiger charge is -2.17. The van der Waals surface area contributed by atoms with Crippen molar-refractivity contribution in [1.82, 2.24) is 0 Å². The second-order valence-corrected chi connectivity index (χ2v) is 3.56. The van der Waals surface area contributed by atoms with E-state index in [1.165, 1.54) is 5.56 Å². The molecule has 1 aromatic rings. The van der Waals surface area contributed by atoms with Crippen LogP contribution in [0.4, 0.5) is 0 Å². The van der Waals surface area contributed by atoms with Crippen LogP contribution in [0.5, 0.6) is 5.75 Å². The monoisotopic (exact) mass is 194 g/mol. The van der Waals surface area contributed by atoms with Gasteiger partial charge in [0.2, 0.25) is 0 Å². The summed E-state index contributed by atoms with van der Waals surface area (Å²) in [5.41, 5.74) is 1.29. The van der Waals surface area contributed by atoms with E-state index < -0.39 is 6.10 Å². The van der Waals surface area contributed by atoms with Gasteiger partial charge in [0.1, 0.15) is 11.9 Å². The zero-order valence-electron chi connectivity index (χ0n) is 9.03. The van der Waals surface area contributed by atoms with E-state index in [0.29, 0.717) is 0 Å². The van der Waals surface area contributed by atoms with Crippen molar-refractivity contribution < 1.29 is 9.84 Å². The molecule has 1 aromatic carbocycles. The number of benzene rings is 1. The Kier molecular flexibility index (Phi) is 3.96. The maximum Gasteiger partial charge on any atom is 0.121 e. The fraction of sp³-hybridized carbons (Fsp3) is 0.500. The molecular weight excluding hydrogens is 176 g/mol. The summed E-state index contributed by atoms with van der Waals surface area (Å²) in [5, 5.41) is 9.26. The van der Waals surface area contributed by atoms with Crippen molar-refractivity contribution in [2.75, 3.05) is 0 Å². The molecule has 2 nitrogen and oxygen atoms in total. The first-order chi connectivity index (χ1) is 6.63. The molecule has 0 fully saturated rings. The number of ether oxygens (including phenoxy) is 1. The molecule has 0 spiro atoms. The molecule has 0 heterocycles. The maximum atomic E-state index is 9.26. The third kappa shape index (κ3) is 3.04. The van der Waals surface area contributed by atoms with Gasteiger partial charge in [0.25, 0.3) is 0 Å². The topological polar surface area (TPSA) is 29.5 Å². The molecule has 0 aliphatic rings. The van der Waals surface area contributed by atoms with Crippen molar-refractivity contribution in [2.45, 2.75) is 39.4 Å². The number of aliphatic hydroxyl groups excluding tert-OH is 1. The minimum atomic E-state index is -0.444. The Labute approximate surface area is 85.5 Å². The molecule has 1 rings (SSSR count). The van der Waals surface area contributed by atoms with Gasteiger partial charge < -0.3 is 9.84 Å². The van der Waals surface area contributed by atoms with E-state index in [2.05, 4.69) is 6.92 Å². The first kappa shape index (κ1) is 11.1. The van der Waals surface area contributed by atoms with Crippen LogP contribution in [0.1, 0.15) is 26.3 Å². The van der Waals surface area contributed by atoms with Gasteiger partial charge in [0.15, 0.2) is 0 Å². The molecule has 0 radical (unpaired) electrons. The summed E-state index contributed by atoms with van der Waals surface area (Å²) in [6.45, 7) is 5.71. The molecule has 2 heteroatoms. The van der Waals surface area contributed by atoms with Crippen molar-refractivity contribution in [3.63, 3.8) is 0 Å². The quantitative estimate of drug-likeness (QED) is 0.797. The maximum absolute atomic E-state index is 9.26. The summed E-state index contributed by atoms with van der Waals surface area (Å²) in [5.74, 6) is 0.815. The van der Waals surface area contributed by atoms with Crippen molar-refractivity contribution in [1.29, 1.82) is 0 Å². The molecule has 0 bridgehead atoms. The minimum absolute atomic E-state index is 0.164. The predicted molar refractivity (Wildman–Crippen MR) is 57.6 cm³/mol. The lowest BCUT2D eigenvalue weighted by Crippen LogP contribution is -2.25. The molecule has 0 aromatic heterocycles. The van der Waals surface area contributed by atoms with Crippen LogP contribution in [0.15, 0.2) is 24.3 Å². The SMILES string of the molecule is CCc1ccc(OC(C)C(C)O)cc1. The van der Waals surface area contributed by atoms with E-state index in [4.69, 9.17) is 4.74 Å². The van der Waals surface area contributed by atoms with Gasteiger partial charge in [-0.25, -0.2) is 0 Å². The first-order valence-corrected chi connectivity index (χ1v) is 5.07. The summed E-state index contributed by atoms with van der Waals surface area (Å²) in [4.78, 5) is 0. The molecule has 2 atom stereocenters. The zero-order chi connectivity index (χ0) is 10.6. The Morgan fingerprint density at radius 2 is 1.79 bits per heavy atom. The average Bonchev–Trinajstić information content (AvgIpc) is 2.19. The Morgan fingerprint density at radius 1 is 1.21 bits per heavy atom.